The molecule has 0 amide bonds. The minimum absolute atomic E-state index is 0.0190. The van der Waals surface area contributed by atoms with Gasteiger partial charge in [-0.3, -0.25) is 5.41 Å². The molecule has 0 aromatic heterocycles. The van der Waals surface area contributed by atoms with Crippen molar-refractivity contribution in [3.05, 3.63) is 55.6 Å². The fourth-order valence-electron chi connectivity index (χ4n) is 4.39. The molecule has 0 saturated carbocycles. The van der Waals surface area contributed by atoms with Crippen LogP contribution in [0.1, 0.15) is 55.6 Å². The van der Waals surface area contributed by atoms with E-state index in [-0.39, 0.29) is 82.8 Å². The van der Waals surface area contributed by atoms with Crippen LogP contribution in [-0.2, 0) is 0 Å². The van der Waals surface area contributed by atoms with Crippen molar-refractivity contribution in [2.24, 2.45) is 0 Å². The molecule has 0 radical (unpaired) electrons. The molecule has 0 bridgehead atoms. The Morgan fingerprint density at radius 3 is 0.879 bits per heavy atom. The van der Waals surface area contributed by atoms with E-state index in [0.717, 1.165) is 0 Å². The van der Waals surface area contributed by atoms with Crippen LogP contribution >= 0.6 is 0 Å². The summed E-state index contributed by atoms with van der Waals surface area (Å²) in [5, 5.41) is 86.4. The second-order valence-corrected chi connectivity index (χ2v) is 6.64. The molecule has 0 unspecified atom stereocenters. The zero-order valence-electron chi connectivity index (χ0n) is 16.1. The Morgan fingerprint density at radius 2 is 0.636 bits per heavy atom. The monoisotopic (exact) mass is 415 g/mol. The molecule has 1 N–H and O–H groups in total. The Balaban J connectivity index is 2.71. The molecule has 9 nitrogen and oxygen atoms in total. The van der Waals surface area contributed by atoms with Gasteiger partial charge in [-0.1, -0.05) is 0 Å². The highest BCUT2D eigenvalue weighted by molar-refractivity contribution is 6.32. The van der Waals surface area contributed by atoms with Crippen LogP contribution in [0.2, 0.25) is 0 Å². The Labute approximate surface area is 185 Å². The number of hydrogen-bond donors (Lipinski definition) is 1. The zero-order valence-corrected chi connectivity index (χ0v) is 16.1. The Hall–Kier alpha value is -6.45. The van der Waals surface area contributed by atoms with E-state index < -0.39 is 0 Å². The summed E-state index contributed by atoms with van der Waals surface area (Å²) in [5.74, 6) is 2.15. The number of hydrogen-bond acceptors (Lipinski definition) is 9. The summed E-state index contributed by atoms with van der Waals surface area (Å²) in [6.07, 6.45) is 0. The molecule has 3 aromatic carbocycles. The highest BCUT2D eigenvalue weighted by Crippen LogP contribution is 2.52. The minimum atomic E-state index is -0.359. The van der Waals surface area contributed by atoms with Gasteiger partial charge in [-0.15, -0.1) is 0 Å². The molecular weight excluding hydrogens is 414 g/mol. The van der Waals surface area contributed by atoms with Gasteiger partial charge in [0.05, 0.1) is 50.1 Å². The average molecular weight is 415 g/mol. The van der Waals surface area contributed by atoms with E-state index in [9.17, 15) is 42.1 Å². The maximum absolute atomic E-state index is 9.92. The summed E-state index contributed by atoms with van der Waals surface area (Å²) in [7, 11) is 0. The lowest BCUT2D eigenvalue weighted by atomic mass is 9.83. The van der Waals surface area contributed by atoms with E-state index >= 15 is 0 Å². The maximum atomic E-state index is 9.92. The van der Waals surface area contributed by atoms with E-state index in [1.807, 2.05) is 36.4 Å². The van der Waals surface area contributed by atoms with Gasteiger partial charge in [0.1, 0.15) is 48.6 Å². The lowest BCUT2D eigenvalue weighted by molar-refractivity contribution is 1.40. The molecule has 0 fully saturated rings. The quantitative estimate of drug-likeness (QED) is 0.332. The molecule has 4 rings (SSSR count). The Bertz CT molecular complexity index is 1810. The Kier molecular flexibility index (Phi) is 4.10. The van der Waals surface area contributed by atoms with Crippen molar-refractivity contribution < 1.29 is 0 Å². The van der Waals surface area contributed by atoms with Gasteiger partial charge in [-0.05, 0) is 5.87 Å². The standard InChI is InChI=1S/C24HN9/c25-1-10-12(3-27)19-16(7-31)17(8-32)20-13(4-28)11(2-26)15(6-30)22-18(9-33)21(14(10)5-29)23(19)24(20)22/h33H. The molecule has 9 heteroatoms. The molecule has 0 saturated heterocycles. The van der Waals surface area contributed by atoms with Crippen LogP contribution < -0.4 is 0 Å². The SMILES string of the molecule is N#Cc1c(C#N)c2c3c(c1C#N)c(C#N)c(C#N)c1c(C#N)c(C#N)c(C#N)c(c13)C2=C=N. The van der Waals surface area contributed by atoms with Crippen LogP contribution in [0.3, 0.4) is 0 Å². The number of nitriles is 8. The first-order valence-electron chi connectivity index (χ1n) is 8.79. The van der Waals surface area contributed by atoms with Crippen molar-refractivity contribution in [3.8, 4) is 48.6 Å². The smallest absolute Gasteiger partial charge is 0.102 e. The summed E-state index contributed by atoms with van der Waals surface area (Å²) < 4.78 is 0. The first-order valence-corrected chi connectivity index (χ1v) is 8.79. The van der Waals surface area contributed by atoms with Gasteiger partial charge < -0.3 is 0 Å². The summed E-state index contributed by atoms with van der Waals surface area (Å²) in [6.45, 7) is 0. The van der Waals surface area contributed by atoms with Crippen molar-refractivity contribution in [1.29, 1.82) is 47.5 Å². The van der Waals surface area contributed by atoms with Crippen LogP contribution in [0.25, 0.3) is 27.1 Å². The largest absolute Gasteiger partial charge is 0.258 e. The summed E-state index contributed by atoms with van der Waals surface area (Å²) in [4.78, 5) is 0. The van der Waals surface area contributed by atoms with E-state index in [0.29, 0.717) is 0 Å². The predicted molar refractivity (Wildman–Crippen MR) is 109 cm³/mol. The summed E-state index contributed by atoms with van der Waals surface area (Å²) in [5.41, 5.74) is -2.70. The number of rotatable bonds is 0. The third-order valence-corrected chi connectivity index (χ3v) is 5.52. The number of benzene rings is 3. The second-order valence-electron chi connectivity index (χ2n) is 6.64. The molecule has 0 aliphatic heterocycles. The van der Waals surface area contributed by atoms with Crippen molar-refractivity contribution in [2.75, 3.05) is 0 Å². The zero-order chi connectivity index (χ0) is 24.0. The van der Waals surface area contributed by atoms with Crippen LogP contribution in [0.15, 0.2) is 0 Å². The van der Waals surface area contributed by atoms with E-state index in [2.05, 4.69) is 5.87 Å². The molecule has 0 spiro atoms. The molecule has 0 heterocycles. The van der Waals surface area contributed by atoms with Gasteiger partial charge in [0, 0.05) is 32.7 Å². The topological polar surface area (TPSA) is 214 Å². The minimum Gasteiger partial charge on any atom is -0.258 e. The first-order chi connectivity index (χ1) is 16.0. The molecule has 3 aromatic rings. The second kappa shape index (κ2) is 6.81. The van der Waals surface area contributed by atoms with Crippen LogP contribution in [0.4, 0.5) is 0 Å². The van der Waals surface area contributed by atoms with Crippen LogP contribution in [0.5, 0.6) is 0 Å². The molecule has 1 aliphatic rings. The number of nitrogens with zero attached hydrogens (tertiary/aromatic N) is 8. The van der Waals surface area contributed by atoms with Gasteiger partial charge in [0.2, 0.25) is 0 Å². The normalized spacial score (nSPS) is 10.1. The molecule has 33 heavy (non-hydrogen) atoms. The molecular formula is C24HN9. The molecule has 142 valence electrons. The van der Waals surface area contributed by atoms with Gasteiger partial charge in [0.15, 0.2) is 0 Å². The third-order valence-electron chi connectivity index (χ3n) is 5.52. The maximum Gasteiger partial charge on any atom is 0.102 e. The lowest BCUT2D eigenvalue weighted by Gasteiger charge is -2.13. The van der Waals surface area contributed by atoms with E-state index in [4.69, 9.17) is 5.41 Å². The van der Waals surface area contributed by atoms with Gasteiger partial charge in [-0.25, -0.2) is 0 Å². The lowest BCUT2D eigenvalue weighted by Crippen LogP contribution is -2.02. The van der Waals surface area contributed by atoms with Crippen LogP contribution in [0, 0.1) is 96.1 Å². The molecule has 0 atom stereocenters. The highest BCUT2D eigenvalue weighted by atomic mass is 14.4. The number of nitrogens with one attached hydrogen (secondary N) is 1. The van der Waals surface area contributed by atoms with E-state index in [1.165, 1.54) is 0 Å². The molecule has 1 aliphatic carbocycles. The van der Waals surface area contributed by atoms with Crippen molar-refractivity contribution >= 4 is 33.0 Å². The third kappa shape index (κ3) is 2.03. The summed E-state index contributed by atoms with van der Waals surface area (Å²) >= 11 is 0. The van der Waals surface area contributed by atoms with Crippen molar-refractivity contribution in [1.82, 2.24) is 0 Å². The van der Waals surface area contributed by atoms with Crippen molar-refractivity contribution in [2.45, 2.75) is 0 Å². The Morgan fingerprint density at radius 1 is 0.364 bits per heavy atom. The fraction of sp³-hybridized carbons (Fsp3) is 0. The first kappa shape index (κ1) is 19.8. The van der Waals surface area contributed by atoms with Gasteiger partial charge in [0.25, 0.3) is 0 Å². The predicted octanol–water partition coefficient (Wildman–Crippen LogP) is 2.96. The highest BCUT2D eigenvalue weighted by Gasteiger charge is 2.37. The van der Waals surface area contributed by atoms with Gasteiger partial charge in [-0.2, -0.15) is 42.1 Å². The van der Waals surface area contributed by atoms with Crippen LogP contribution in [-0.4, -0.2) is 5.87 Å². The van der Waals surface area contributed by atoms with Gasteiger partial charge >= 0.3 is 0 Å². The summed E-state index contributed by atoms with van der Waals surface area (Å²) in [6, 6.07) is 14.6. The van der Waals surface area contributed by atoms with E-state index in [1.54, 1.807) is 12.1 Å². The average Bonchev–Trinajstić information content (AvgIpc) is 3.19. The fourth-order valence-corrected chi connectivity index (χ4v) is 4.39. The van der Waals surface area contributed by atoms with Crippen molar-refractivity contribution in [3.63, 3.8) is 0 Å².